The first kappa shape index (κ1) is 13.8. The van der Waals surface area contributed by atoms with Gasteiger partial charge in [-0.2, -0.15) is 0 Å². The highest BCUT2D eigenvalue weighted by Crippen LogP contribution is 2.26. The summed E-state index contributed by atoms with van der Waals surface area (Å²) in [6.45, 7) is 4.64. The number of nitrogens with one attached hydrogen (secondary N) is 1. The molecule has 0 fully saturated rings. The van der Waals surface area contributed by atoms with E-state index in [2.05, 4.69) is 35.1 Å². The minimum absolute atomic E-state index is 0.0371. The van der Waals surface area contributed by atoms with Crippen LogP contribution >= 0.6 is 15.9 Å². The average Bonchev–Trinajstić information content (AvgIpc) is 2.38. The molecule has 0 heterocycles. The lowest BCUT2D eigenvalue weighted by atomic mass is 9.84. The van der Waals surface area contributed by atoms with E-state index < -0.39 is 10.9 Å². The second-order valence-electron chi connectivity index (χ2n) is 5.19. The zero-order valence-electron chi connectivity index (χ0n) is 10.8. The van der Waals surface area contributed by atoms with E-state index in [9.17, 15) is 9.59 Å². The molecule has 0 aliphatic rings. The van der Waals surface area contributed by atoms with E-state index in [0.29, 0.717) is 6.54 Å². The summed E-state index contributed by atoms with van der Waals surface area (Å²) in [6, 6.07) is 7.99. The summed E-state index contributed by atoms with van der Waals surface area (Å²) in [5, 5.41) is 2.98. The van der Waals surface area contributed by atoms with E-state index in [1.807, 2.05) is 24.3 Å². The molecule has 0 unspecified atom stereocenters. The molecule has 0 aliphatic carbocycles. The van der Waals surface area contributed by atoms with Crippen molar-refractivity contribution in [2.24, 2.45) is 0 Å². The molecule has 3 N–H and O–H groups in total. The van der Waals surface area contributed by atoms with Crippen molar-refractivity contribution >= 4 is 27.3 Å². The second-order valence-corrected chi connectivity index (χ2v) is 6.11. The zero-order chi connectivity index (χ0) is 14.2. The molecule has 0 radical (unpaired) electrons. The molecule has 4 nitrogen and oxygen atoms in total. The van der Waals surface area contributed by atoms with Crippen LogP contribution in [0.15, 0.2) is 38.3 Å². The van der Waals surface area contributed by atoms with Gasteiger partial charge in [-0.15, -0.1) is 0 Å². The molecule has 0 saturated heterocycles. The Morgan fingerprint density at radius 1 is 1.26 bits per heavy atom. The highest BCUT2D eigenvalue weighted by Gasteiger charge is 2.24. The van der Waals surface area contributed by atoms with Gasteiger partial charge < -0.3 is 11.1 Å². The van der Waals surface area contributed by atoms with Crippen molar-refractivity contribution < 1.29 is 0 Å². The number of hydrogen-bond acceptors (Lipinski definition) is 4. The summed E-state index contributed by atoms with van der Waals surface area (Å²) < 4.78 is 1.01. The summed E-state index contributed by atoms with van der Waals surface area (Å²) >= 11 is 3.44. The van der Waals surface area contributed by atoms with Gasteiger partial charge in [0.25, 0.3) is 10.9 Å². The Morgan fingerprint density at radius 3 is 2.53 bits per heavy atom. The molecule has 2 rings (SSSR count). The summed E-state index contributed by atoms with van der Waals surface area (Å²) in [6.07, 6.45) is 0. The van der Waals surface area contributed by atoms with Gasteiger partial charge in [-0.05, 0) is 17.7 Å². The molecule has 0 saturated carbocycles. The molecule has 0 atom stereocenters. The van der Waals surface area contributed by atoms with Crippen molar-refractivity contribution in [2.75, 3.05) is 17.6 Å². The zero-order valence-corrected chi connectivity index (χ0v) is 12.4. The molecule has 2 aromatic carbocycles. The number of nitrogens with two attached hydrogens (primary N) is 1. The van der Waals surface area contributed by atoms with Crippen LogP contribution in [0, 0.1) is 0 Å². The van der Waals surface area contributed by atoms with E-state index in [1.165, 1.54) is 0 Å². The average molecular weight is 323 g/mol. The molecular formula is C14H15BrN2O2. The van der Waals surface area contributed by atoms with Crippen molar-refractivity contribution in [3.05, 3.63) is 54.7 Å². The maximum Gasteiger partial charge on any atom is 0.253 e. The van der Waals surface area contributed by atoms with Gasteiger partial charge in [0.15, 0.2) is 0 Å². The largest absolute Gasteiger partial charge is 0.394 e. The molecule has 0 aliphatic heterocycles. The highest BCUT2D eigenvalue weighted by atomic mass is 79.9. The lowest BCUT2D eigenvalue weighted by Crippen LogP contribution is -2.39. The predicted octanol–water partition coefficient (Wildman–Crippen LogP) is 2.02. The highest BCUT2D eigenvalue weighted by molar-refractivity contribution is 9.10. The number of hydrogen-bond donors (Lipinski definition) is 2. The molecule has 0 aromatic heterocycles. The number of nitrogen functional groups attached to an aromatic ring is 1. The van der Waals surface area contributed by atoms with Crippen molar-refractivity contribution in [3.63, 3.8) is 0 Å². The van der Waals surface area contributed by atoms with Gasteiger partial charge in [0.05, 0.1) is 0 Å². The van der Waals surface area contributed by atoms with Gasteiger partial charge in [-0.25, -0.2) is 0 Å². The third kappa shape index (κ3) is 2.56. The van der Waals surface area contributed by atoms with Crippen LogP contribution in [0.1, 0.15) is 19.4 Å². The van der Waals surface area contributed by atoms with Gasteiger partial charge in [0, 0.05) is 16.4 Å². The maximum atomic E-state index is 11.3. The van der Waals surface area contributed by atoms with Crippen molar-refractivity contribution in [3.8, 4) is 0 Å². The molecule has 5 heteroatoms. The summed E-state index contributed by atoms with van der Waals surface area (Å²) in [4.78, 5) is 22.4. The fraction of sp³-hybridized carbons (Fsp3) is 0.286. The first-order valence-corrected chi connectivity index (χ1v) is 6.71. The number of rotatable bonds is 4. The Morgan fingerprint density at radius 2 is 1.95 bits per heavy atom. The van der Waals surface area contributed by atoms with Crippen LogP contribution in [0.5, 0.6) is 0 Å². The molecule has 100 valence electrons. The first-order valence-electron chi connectivity index (χ1n) is 5.91. The minimum atomic E-state index is -0.595. The van der Waals surface area contributed by atoms with Crippen LogP contribution in [0.25, 0.3) is 0 Å². The Hall–Kier alpha value is -1.62. The van der Waals surface area contributed by atoms with E-state index in [4.69, 9.17) is 5.73 Å². The normalized spacial score (nSPS) is 11.7. The van der Waals surface area contributed by atoms with Gasteiger partial charge in [-0.3, -0.25) is 9.59 Å². The van der Waals surface area contributed by atoms with E-state index >= 15 is 0 Å². The topological polar surface area (TPSA) is 72.2 Å². The predicted molar refractivity (Wildman–Crippen MR) is 81.4 cm³/mol. The van der Waals surface area contributed by atoms with Crippen molar-refractivity contribution in [1.82, 2.24) is 0 Å². The third-order valence-electron chi connectivity index (χ3n) is 3.26. The smallest absolute Gasteiger partial charge is 0.253 e. The Kier molecular flexibility index (Phi) is 3.49. The van der Waals surface area contributed by atoms with Gasteiger partial charge in [0.1, 0.15) is 11.4 Å². The first-order chi connectivity index (χ1) is 8.83. The molecule has 2 aromatic rings. The molecule has 0 bridgehead atoms. The van der Waals surface area contributed by atoms with Gasteiger partial charge >= 0.3 is 0 Å². The molecular weight excluding hydrogens is 308 g/mol. The van der Waals surface area contributed by atoms with Crippen LogP contribution in [-0.2, 0) is 5.41 Å². The number of anilines is 2. The SMILES string of the molecule is CC(C)(CNc1c(N)c(=O)c1=O)c1cccc(Br)c1. The van der Waals surface area contributed by atoms with Crippen molar-refractivity contribution in [1.29, 1.82) is 0 Å². The van der Waals surface area contributed by atoms with Crippen LogP contribution in [0.4, 0.5) is 11.4 Å². The lowest BCUT2D eigenvalue weighted by Gasteiger charge is -2.27. The summed E-state index contributed by atoms with van der Waals surface area (Å²) in [5.74, 6) is 0. The number of benzene rings is 1. The van der Waals surface area contributed by atoms with Crippen LogP contribution in [0.2, 0.25) is 0 Å². The van der Waals surface area contributed by atoms with E-state index in [0.717, 1.165) is 10.0 Å². The standard InChI is InChI=1S/C14H15BrN2O2/c1-14(2,8-4-3-5-9(15)6-8)7-17-11-10(16)12(18)13(11)19/h3-6,17H,7,16H2,1-2H3. The quantitative estimate of drug-likeness (QED) is 0.845. The lowest BCUT2D eigenvalue weighted by molar-refractivity contribution is 0.556. The fourth-order valence-electron chi connectivity index (χ4n) is 1.91. The summed E-state index contributed by atoms with van der Waals surface area (Å²) in [7, 11) is 0. The monoisotopic (exact) mass is 322 g/mol. The van der Waals surface area contributed by atoms with Crippen LogP contribution < -0.4 is 21.9 Å². The van der Waals surface area contributed by atoms with E-state index in [-0.39, 0.29) is 16.8 Å². The second kappa shape index (κ2) is 4.81. The Labute approximate surface area is 119 Å². The van der Waals surface area contributed by atoms with Crippen LogP contribution in [0.3, 0.4) is 0 Å². The third-order valence-corrected chi connectivity index (χ3v) is 3.75. The summed E-state index contributed by atoms with van der Waals surface area (Å²) in [5.41, 5.74) is 5.60. The van der Waals surface area contributed by atoms with Gasteiger partial charge in [-0.1, -0.05) is 41.9 Å². The maximum absolute atomic E-state index is 11.3. The van der Waals surface area contributed by atoms with Gasteiger partial charge in [0.2, 0.25) is 0 Å². The fourth-order valence-corrected chi connectivity index (χ4v) is 2.30. The van der Waals surface area contributed by atoms with Crippen LogP contribution in [-0.4, -0.2) is 6.54 Å². The number of halogens is 1. The minimum Gasteiger partial charge on any atom is -0.394 e. The molecule has 0 amide bonds. The molecule has 0 spiro atoms. The molecule has 19 heavy (non-hydrogen) atoms. The Balaban J connectivity index is 2.15. The van der Waals surface area contributed by atoms with Crippen molar-refractivity contribution in [2.45, 2.75) is 19.3 Å². The van der Waals surface area contributed by atoms with E-state index in [1.54, 1.807) is 0 Å². The Bertz CT molecular complexity index is 685.